The Kier molecular flexibility index (Phi) is 1.10. The van der Waals surface area contributed by atoms with E-state index >= 15 is 0 Å². The molecular formula is C3H5BN2S. The molecule has 1 rings (SSSR count). The summed E-state index contributed by atoms with van der Waals surface area (Å²) in [6.07, 6.45) is 0. The lowest BCUT2D eigenvalue weighted by molar-refractivity contribution is 1.07. The Labute approximate surface area is 47.0 Å². The largest absolute Gasteiger partial charge is 0.180 e. The number of hydrogen-bond donors (Lipinski definition) is 0. The van der Waals surface area contributed by atoms with Crippen LogP contribution < -0.4 is 4.91 Å². The summed E-state index contributed by atoms with van der Waals surface area (Å²) < 4.78 is 0. The molecule has 0 bridgehead atoms. The number of rotatable bonds is 0. The van der Waals surface area contributed by atoms with Gasteiger partial charge in [-0.05, 0) is 6.92 Å². The van der Waals surface area contributed by atoms with Crippen LogP contribution in [-0.4, -0.2) is 18.0 Å². The van der Waals surface area contributed by atoms with Crippen LogP contribution in [-0.2, 0) is 0 Å². The molecule has 0 aromatic carbocycles. The highest BCUT2D eigenvalue weighted by molar-refractivity contribution is 7.19. The Morgan fingerprint density at radius 1 is 1.57 bits per heavy atom. The SMILES string of the molecule is Bc1nnc(C)s1. The van der Waals surface area contributed by atoms with Crippen molar-refractivity contribution in [1.29, 1.82) is 0 Å². The quantitative estimate of drug-likeness (QED) is 0.406. The zero-order chi connectivity index (χ0) is 5.28. The zero-order valence-corrected chi connectivity index (χ0v) is 5.12. The molecule has 0 radical (unpaired) electrons. The molecular weight excluding hydrogens is 107 g/mol. The molecule has 1 heterocycles. The Hall–Kier alpha value is -0.375. The van der Waals surface area contributed by atoms with Gasteiger partial charge in [-0.2, -0.15) is 5.10 Å². The molecule has 0 atom stereocenters. The van der Waals surface area contributed by atoms with E-state index in [0.717, 1.165) is 9.91 Å². The smallest absolute Gasteiger partial charge is 0.155 e. The highest BCUT2D eigenvalue weighted by Crippen LogP contribution is 1.91. The van der Waals surface area contributed by atoms with E-state index in [2.05, 4.69) is 10.2 Å². The number of aryl methyl sites for hydroxylation is 1. The third kappa shape index (κ3) is 0.994. The minimum atomic E-state index is 1.04. The van der Waals surface area contributed by atoms with Crippen molar-refractivity contribution in [1.82, 2.24) is 10.2 Å². The molecule has 0 aliphatic carbocycles. The van der Waals surface area contributed by atoms with E-state index < -0.39 is 0 Å². The van der Waals surface area contributed by atoms with Crippen molar-refractivity contribution in [2.75, 3.05) is 0 Å². The predicted molar refractivity (Wildman–Crippen MR) is 32.8 cm³/mol. The molecule has 0 saturated heterocycles. The van der Waals surface area contributed by atoms with Crippen LogP contribution in [0.1, 0.15) is 5.01 Å². The van der Waals surface area contributed by atoms with Gasteiger partial charge in [0.25, 0.3) is 0 Å². The van der Waals surface area contributed by atoms with E-state index in [1.807, 2.05) is 14.8 Å². The lowest BCUT2D eigenvalue weighted by Crippen LogP contribution is -1.97. The van der Waals surface area contributed by atoms with Crippen LogP contribution in [0.2, 0.25) is 0 Å². The minimum Gasteiger partial charge on any atom is -0.155 e. The molecule has 0 aliphatic rings. The van der Waals surface area contributed by atoms with Gasteiger partial charge in [0.15, 0.2) is 7.85 Å². The van der Waals surface area contributed by atoms with Crippen molar-refractivity contribution in [3.8, 4) is 0 Å². The number of nitrogens with zero attached hydrogens (tertiary/aromatic N) is 2. The first kappa shape index (κ1) is 4.78. The van der Waals surface area contributed by atoms with Gasteiger partial charge in [0.05, 0.1) is 4.91 Å². The molecule has 0 amide bonds. The van der Waals surface area contributed by atoms with E-state index in [0.29, 0.717) is 0 Å². The van der Waals surface area contributed by atoms with Gasteiger partial charge < -0.3 is 0 Å². The summed E-state index contributed by atoms with van der Waals surface area (Å²) in [5.41, 5.74) is 0. The highest BCUT2D eigenvalue weighted by atomic mass is 32.1. The van der Waals surface area contributed by atoms with Crippen LogP contribution in [0.15, 0.2) is 0 Å². The van der Waals surface area contributed by atoms with E-state index in [4.69, 9.17) is 0 Å². The summed E-state index contributed by atoms with van der Waals surface area (Å²) in [7, 11) is 1.95. The van der Waals surface area contributed by atoms with E-state index in [1.54, 1.807) is 11.3 Å². The lowest BCUT2D eigenvalue weighted by atomic mass is 10.2. The van der Waals surface area contributed by atoms with Gasteiger partial charge in [-0.25, -0.2) is 0 Å². The summed E-state index contributed by atoms with van der Waals surface area (Å²) in [6.45, 7) is 1.95. The summed E-state index contributed by atoms with van der Waals surface area (Å²) in [5.74, 6) is 0. The maximum absolute atomic E-state index is 3.78. The number of aromatic nitrogens is 2. The van der Waals surface area contributed by atoms with Gasteiger partial charge in [0.1, 0.15) is 5.01 Å². The molecule has 0 spiro atoms. The van der Waals surface area contributed by atoms with Crippen LogP contribution in [0.5, 0.6) is 0 Å². The Bertz CT molecular complexity index is 145. The predicted octanol–water partition coefficient (Wildman–Crippen LogP) is -0.895. The monoisotopic (exact) mass is 112 g/mol. The second kappa shape index (κ2) is 1.62. The standard InChI is InChI=1S/C3H5BN2S/c1-2-5-6-3(4)7-2/h4H2,1H3. The maximum atomic E-state index is 3.78. The molecule has 36 valence electrons. The van der Waals surface area contributed by atoms with Gasteiger partial charge in [0, 0.05) is 0 Å². The van der Waals surface area contributed by atoms with Crippen LogP contribution in [0, 0.1) is 6.92 Å². The molecule has 0 saturated carbocycles. The van der Waals surface area contributed by atoms with Crippen molar-refractivity contribution < 1.29 is 0 Å². The molecule has 7 heavy (non-hydrogen) atoms. The second-order valence-electron chi connectivity index (χ2n) is 1.34. The van der Waals surface area contributed by atoms with Gasteiger partial charge in [-0.1, -0.05) is 0 Å². The van der Waals surface area contributed by atoms with Crippen molar-refractivity contribution in [3.63, 3.8) is 0 Å². The average Bonchev–Trinajstić information content (AvgIpc) is 1.87. The first-order chi connectivity index (χ1) is 3.29. The first-order valence-corrected chi connectivity index (χ1v) is 2.87. The molecule has 4 heteroatoms. The minimum absolute atomic E-state index is 1.04. The summed E-state index contributed by atoms with van der Waals surface area (Å²) in [4.78, 5) is 1.04. The second-order valence-corrected chi connectivity index (χ2v) is 2.73. The topological polar surface area (TPSA) is 25.8 Å². The van der Waals surface area contributed by atoms with Crippen LogP contribution in [0.4, 0.5) is 0 Å². The van der Waals surface area contributed by atoms with Gasteiger partial charge in [-0.15, -0.1) is 16.4 Å². The maximum Gasteiger partial charge on any atom is 0.180 e. The van der Waals surface area contributed by atoms with E-state index in [1.165, 1.54) is 0 Å². The van der Waals surface area contributed by atoms with Gasteiger partial charge in [0.2, 0.25) is 0 Å². The fraction of sp³-hybridized carbons (Fsp3) is 0.333. The van der Waals surface area contributed by atoms with Crippen molar-refractivity contribution in [3.05, 3.63) is 5.01 Å². The summed E-state index contributed by atoms with van der Waals surface area (Å²) in [6, 6.07) is 0. The van der Waals surface area contributed by atoms with Crippen LogP contribution >= 0.6 is 11.3 Å². The van der Waals surface area contributed by atoms with Crippen molar-refractivity contribution in [2.24, 2.45) is 0 Å². The third-order valence-corrected chi connectivity index (χ3v) is 1.38. The molecule has 2 nitrogen and oxygen atoms in total. The molecule has 0 N–H and O–H groups in total. The van der Waals surface area contributed by atoms with Gasteiger partial charge in [-0.3, -0.25) is 0 Å². The van der Waals surface area contributed by atoms with Crippen LogP contribution in [0.3, 0.4) is 0 Å². The Morgan fingerprint density at radius 2 is 2.29 bits per heavy atom. The highest BCUT2D eigenvalue weighted by Gasteiger charge is 1.88. The van der Waals surface area contributed by atoms with Crippen molar-refractivity contribution in [2.45, 2.75) is 6.92 Å². The molecule has 0 fully saturated rings. The number of hydrogen-bond acceptors (Lipinski definition) is 3. The van der Waals surface area contributed by atoms with Crippen molar-refractivity contribution >= 4 is 24.1 Å². The molecule has 1 aromatic heterocycles. The summed E-state index contributed by atoms with van der Waals surface area (Å²) in [5, 5.41) is 8.61. The van der Waals surface area contributed by atoms with E-state index in [-0.39, 0.29) is 0 Å². The van der Waals surface area contributed by atoms with Gasteiger partial charge >= 0.3 is 0 Å². The first-order valence-electron chi connectivity index (χ1n) is 2.06. The fourth-order valence-corrected chi connectivity index (χ4v) is 0.986. The Morgan fingerprint density at radius 3 is 2.43 bits per heavy atom. The normalized spacial score (nSPS) is 9.29. The Balaban J connectivity index is 3.04. The molecule has 0 unspecified atom stereocenters. The van der Waals surface area contributed by atoms with E-state index in [9.17, 15) is 0 Å². The van der Waals surface area contributed by atoms with Crippen LogP contribution in [0.25, 0.3) is 0 Å². The fourth-order valence-electron chi connectivity index (χ4n) is 0.395. The zero-order valence-electron chi connectivity index (χ0n) is 4.30. The third-order valence-electron chi connectivity index (χ3n) is 0.627. The summed E-state index contributed by atoms with van der Waals surface area (Å²) >= 11 is 1.62. The lowest BCUT2D eigenvalue weighted by Gasteiger charge is -1.65. The molecule has 1 aromatic rings. The average molecular weight is 112 g/mol. The molecule has 0 aliphatic heterocycles.